The van der Waals surface area contributed by atoms with Gasteiger partial charge in [-0.2, -0.15) is 0 Å². The third kappa shape index (κ3) is 8.09. The summed E-state index contributed by atoms with van der Waals surface area (Å²) in [5.41, 5.74) is 1.67. The van der Waals surface area contributed by atoms with Gasteiger partial charge in [-0.25, -0.2) is 5.48 Å². The van der Waals surface area contributed by atoms with Gasteiger partial charge in [-0.1, -0.05) is 34.6 Å². The van der Waals surface area contributed by atoms with Crippen molar-refractivity contribution in [2.75, 3.05) is 13.2 Å². The maximum atomic E-state index is 12.2. The number of carbonyl (C=O) groups is 2. The highest BCUT2D eigenvalue weighted by atomic mass is 19.1. The van der Waals surface area contributed by atoms with Crippen molar-refractivity contribution in [1.82, 2.24) is 10.8 Å². The Kier molecular flexibility index (Phi) is 8.37. The van der Waals surface area contributed by atoms with E-state index in [-0.39, 0.29) is 24.7 Å². The molecule has 6 heteroatoms. The van der Waals surface area contributed by atoms with E-state index >= 15 is 0 Å². The Hall–Kier alpha value is -1.17. The van der Waals surface area contributed by atoms with Crippen molar-refractivity contribution >= 4 is 11.8 Å². The third-order valence-electron chi connectivity index (χ3n) is 2.55. The largest absolute Gasteiger partial charge is 0.354 e. The van der Waals surface area contributed by atoms with E-state index in [4.69, 9.17) is 4.84 Å². The van der Waals surface area contributed by atoms with Crippen LogP contribution in [0.3, 0.4) is 0 Å². The first-order valence-corrected chi connectivity index (χ1v) is 6.98. The molecule has 0 aliphatic heterocycles. The van der Waals surface area contributed by atoms with E-state index < -0.39 is 18.2 Å². The van der Waals surface area contributed by atoms with Crippen molar-refractivity contribution in [3.63, 3.8) is 0 Å². The summed E-state index contributed by atoms with van der Waals surface area (Å²) in [6, 6.07) is 0. The zero-order valence-electron chi connectivity index (χ0n) is 13.1. The molecule has 0 spiro atoms. The van der Waals surface area contributed by atoms with Gasteiger partial charge in [0.25, 0.3) is 5.91 Å². The minimum absolute atomic E-state index is 0.213. The molecule has 0 radical (unpaired) electrons. The number of alkyl halides is 1. The van der Waals surface area contributed by atoms with Crippen LogP contribution in [0.4, 0.5) is 4.39 Å². The first-order valence-electron chi connectivity index (χ1n) is 6.98. The summed E-state index contributed by atoms with van der Waals surface area (Å²) in [4.78, 5) is 28.7. The van der Waals surface area contributed by atoms with Gasteiger partial charge in [0.05, 0.1) is 6.67 Å². The highest BCUT2D eigenvalue weighted by molar-refractivity contribution is 5.82. The highest BCUT2D eigenvalue weighted by Gasteiger charge is 2.25. The number of halogens is 1. The van der Waals surface area contributed by atoms with Gasteiger partial charge in [0, 0.05) is 12.0 Å². The molecule has 2 amide bonds. The molecule has 0 fully saturated rings. The zero-order chi connectivity index (χ0) is 15.8. The molecule has 2 N–H and O–H groups in total. The van der Waals surface area contributed by atoms with E-state index in [2.05, 4.69) is 10.8 Å². The number of rotatable bonds is 8. The molecule has 1 atom stereocenters. The fraction of sp³-hybridized carbons (Fsp3) is 0.857. The van der Waals surface area contributed by atoms with Crippen LogP contribution in [-0.2, 0) is 14.4 Å². The van der Waals surface area contributed by atoms with Crippen LogP contribution in [0, 0.1) is 11.3 Å². The van der Waals surface area contributed by atoms with Gasteiger partial charge in [0.1, 0.15) is 0 Å². The van der Waals surface area contributed by atoms with Crippen LogP contribution in [0.2, 0.25) is 0 Å². The van der Waals surface area contributed by atoms with E-state index in [9.17, 15) is 14.0 Å². The van der Waals surface area contributed by atoms with Crippen molar-refractivity contribution < 1.29 is 18.8 Å². The molecule has 0 bridgehead atoms. The lowest BCUT2D eigenvalue weighted by molar-refractivity contribution is -0.154. The lowest BCUT2D eigenvalue weighted by atomic mass is 9.96. The molecule has 20 heavy (non-hydrogen) atoms. The van der Waals surface area contributed by atoms with E-state index in [0.717, 1.165) is 0 Å². The third-order valence-corrected chi connectivity index (χ3v) is 2.55. The minimum Gasteiger partial charge on any atom is -0.354 e. The molecule has 0 aromatic rings. The van der Waals surface area contributed by atoms with Gasteiger partial charge in [0.2, 0.25) is 5.91 Å². The van der Waals surface area contributed by atoms with E-state index in [1.54, 1.807) is 20.8 Å². The molecule has 0 saturated carbocycles. The minimum atomic E-state index is -0.865. The zero-order valence-corrected chi connectivity index (χ0v) is 13.1. The van der Waals surface area contributed by atoms with Gasteiger partial charge < -0.3 is 5.32 Å². The van der Waals surface area contributed by atoms with Crippen molar-refractivity contribution in [2.45, 2.75) is 53.6 Å². The van der Waals surface area contributed by atoms with Crippen LogP contribution in [0.15, 0.2) is 0 Å². The molecule has 0 heterocycles. The summed E-state index contributed by atoms with van der Waals surface area (Å²) < 4.78 is 12.2. The highest BCUT2D eigenvalue weighted by Crippen LogP contribution is 2.13. The topological polar surface area (TPSA) is 67.4 Å². The molecule has 0 aliphatic carbocycles. The molecule has 0 rings (SSSR count). The quantitative estimate of drug-likeness (QED) is 0.672. The Labute approximate surface area is 120 Å². The number of hydroxylamine groups is 1. The number of hydrogen-bond acceptors (Lipinski definition) is 3. The molecule has 118 valence electrons. The average Bonchev–Trinajstić information content (AvgIpc) is 2.34. The Balaban J connectivity index is 4.40. The van der Waals surface area contributed by atoms with E-state index in [0.29, 0.717) is 12.5 Å². The van der Waals surface area contributed by atoms with Crippen molar-refractivity contribution in [1.29, 1.82) is 0 Å². The van der Waals surface area contributed by atoms with Crippen LogP contribution in [-0.4, -0.2) is 31.1 Å². The number of carbonyl (C=O) groups excluding carboxylic acids is 2. The standard InChI is InChI=1S/C14H27FN2O3/c1-10(2)9-16-12(18)11(7-6-8-15)20-17-13(19)14(3,4)5/h10-11H,6-9H2,1-5H3,(H,16,18)(H,17,19)/t11-/m1/s1. The van der Waals surface area contributed by atoms with Gasteiger partial charge in [-0.3, -0.25) is 18.8 Å². The Morgan fingerprint density at radius 3 is 2.30 bits per heavy atom. The van der Waals surface area contributed by atoms with Crippen LogP contribution in [0.1, 0.15) is 47.5 Å². The lowest BCUT2D eigenvalue weighted by Gasteiger charge is -2.21. The molecule has 5 nitrogen and oxygen atoms in total. The van der Waals surface area contributed by atoms with Crippen LogP contribution >= 0.6 is 0 Å². The SMILES string of the molecule is CC(C)CNC(=O)[C@@H](CCCF)ONC(=O)C(C)(C)C. The van der Waals surface area contributed by atoms with Crippen LogP contribution in [0.5, 0.6) is 0 Å². The summed E-state index contributed by atoms with van der Waals surface area (Å²) in [6.45, 7) is 9.15. The fourth-order valence-corrected chi connectivity index (χ4v) is 1.20. The molecule has 0 aromatic heterocycles. The number of amides is 2. The number of hydrogen-bond donors (Lipinski definition) is 2. The van der Waals surface area contributed by atoms with Gasteiger partial charge >= 0.3 is 0 Å². The Bertz CT molecular complexity index is 314. The first kappa shape index (κ1) is 18.8. The molecular weight excluding hydrogens is 263 g/mol. The second-order valence-electron chi connectivity index (χ2n) is 6.26. The maximum Gasteiger partial charge on any atom is 0.251 e. The molecule has 0 aromatic carbocycles. The Morgan fingerprint density at radius 1 is 1.25 bits per heavy atom. The van der Waals surface area contributed by atoms with Crippen LogP contribution < -0.4 is 10.8 Å². The normalized spacial score (nSPS) is 13.2. The molecule has 0 unspecified atom stereocenters. The first-order chi connectivity index (χ1) is 9.18. The number of nitrogens with one attached hydrogen (secondary N) is 2. The monoisotopic (exact) mass is 290 g/mol. The predicted octanol–water partition coefficient (Wildman–Crippen LogP) is 1.97. The second kappa shape index (κ2) is 8.89. The fourth-order valence-electron chi connectivity index (χ4n) is 1.20. The smallest absolute Gasteiger partial charge is 0.251 e. The van der Waals surface area contributed by atoms with Gasteiger partial charge in [-0.15, -0.1) is 0 Å². The molecule has 0 saturated heterocycles. The van der Waals surface area contributed by atoms with E-state index in [1.165, 1.54) is 0 Å². The maximum absolute atomic E-state index is 12.2. The van der Waals surface area contributed by atoms with Gasteiger partial charge in [0.15, 0.2) is 6.10 Å². The summed E-state index contributed by atoms with van der Waals surface area (Å²) in [5, 5.41) is 2.72. The summed E-state index contributed by atoms with van der Waals surface area (Å²) in [7, 11) is 0. The van der Waals surface area contributed by atoms with Crippen molar-refractivity contribution in [3.05, 3.63) is 0 Å². The molecular formula is C14H27FN2O3. The second-order valence-corrected chi connectivity index (χ2v) is 6.26. The predicted molar refractivity (Wildman–Crippen MR) is 75.5 cm³/mol. The van der Waals surface area contributed by atoms with Gasteiger partial charge in [-0.05, 0) is 18.8 Å². The summed E-state index contributed by atoms with van der Waals surface area (Å²) in [5.74, 6) is -0.342. The van der Waals surface area contributed by atoms with E-state index in [1.807, 2.05) is 13.8 Å². The molecule has 0 aliphatic rings. The lowest BCUT2D eigenvalue weighted by Crippen LogP contribution is -2.44. The Morgan fingerprint density at radius 2 is 1.85 bits per heavy atom. The van der Waals surface area contributed by atoms with Crippen molar-refractivity contribution in [3.8, 4) is 0 Å². The summed E-state index contributed by atoms with van der Waals surface area (Å²) in [6.07, 6.45) is -0.425. The summed E-state index contributed by atoms with van der Waals surface area (Å²) >= 11 is 0. The average molecular weight is 290 g/mol. The van der Waals surface area contributed by atoms with Crippen molar-refractivity contribution in [2.24, 2.45) is 11.3 Å². The van der Waals surface area contributed by atoms with Crippen LogP contribution in [0.25, 0.3) is 0 Å².